The summed E-state index contributed by atoms with van der Waals surface area (Å²) in [7, 11) is 3.30. The highest BCUT2D eigenvalue weighted by Gasteiger charge is 2.22. The largest absolute Gasteiger partial charge is 0.383 e. The molecule has 1 aliphatic rings. The van der Waals surface area contributed by atoms with E-state index in [9.17, 15) is 4.79 Å². The summed E-state index contributed by atoms with van der Waals surface area (Å²) < 4.78 is 10.0. The van der Waals surface area contributed by atoms with E-state index < -0.39 is 0 Å². The van der Waals surface area contributed by atoms with Crippen LogP contribution in [0.3, 0.4) is 0 Å². The zero-order valence-corrected chi connectivity index (χ0v) is 10.3. The highest BCUT2D eigenvalue weighted by molar-refractivity contribution is 5.74. The Morgan fingerprint density at radius 1 is 1.12 bits per heavy atom. The second-order valence-corrected chi connectivity index (χ2v) is 3.95. The normalized spacial score (nSPS) is 15.5. The molecule has 0 atom stereocenters. The molecule has 1 rings (SSSR count). The number of hydrogen-bond donors (Lipinski definition) is 0. The summed E-state index contributed by atoms with van der Waals surface area (Å²) in [5.41, 5.74) is 0. The van der Waals surface area contributed by atoms with Crippen LogP contribution in [0.1, 0.15) is 12.8 Å². The summed E-state index contributed by atoms with van der Waals surface area (Å²) in [6, 6.07) is 0.117. The summed E-state index contributed by atoms with van der Waals surface area (Å²) in [6.07, 6.45) is 2.24. The minimum atomic E-state index is 0.117. The van der Waals surface area contributed by atoms with E-state index in [4.69, 9.17) is 9.47 Å². The molecule has 16 heavy (non-hydrogen) atoms. The Hall–Kier alpha value is -0.810. The summed E-state index contributed by atoms with van der Waals surface area (Å²) in [4.78, 5) is 15.8. The third kappa shape index (κ3) is 3.98. The molecule has 1 aliphatic heterocycles. The Morgan fingerprint density at radius 3 is 2.06 bits per heavy atom. The van der Waals surface area contributed by atoms with Crippen molar-refractivity contribution in [1.29, 1.82) is 0 Å². The molecule has 0 aromatic heterocycles. The van der Waals surface area contributed by atoms with Crippen LogP contribution in [-0.2, 0) is 9.47 Å². The van der Waals surface area contributed by atoms with Crippen molar-refractivity contribution in [2.45, 2.75) is 12.8 Å². The lowest BCUT2D eigenvalue weighted by Crippen LogP contribution is -2.44. The number of hydrogen-bond acceptors (Lipinski definition) is 3. The van der Waals surface area contributed by atoms with Crippen LogP contribution in [0.4, 0.5) is 4.79 Å². The zero-order chi connectivity index (χ0) is 11.8. The molecule has 0 aromatic carbocycles. The van der Waals surface area contributed by atoms with Crippen LogP contribution in [0.5, 0.6) is 0 Å². The summed E-state index contributed by atoms with van der Waals surface area (Å²) in [5, 5.41) is 0. The van der Waals surface area contributed by atoms with E-state index in [0.29, 0.717) is 26.3 Å². The van der Waals surface area contributed by atoms with Gasteiger partial charge in [0.15, 0.2) is 0 Å². The van der Waals surface area contributed by atoms with E-state index in [1.54, 1.807) is 19.1 Å². The molecule has 0 bridgehead atoms. The first-order valence-electron chi connectivity index (χ1n) is 5.81. The standard InChI is InChI=1S/C11H22N2O3/c1-15-9-7-13(8-10-16-2)11(14)12-5-3-4-6-12/h3-10H2,1-2H3. The third-order valence-corrected chi connectivity index (χ3v) is 2.78. The lowest BCUT2D eigenvalue weighted by Gasteiger charge is -2.27. The zero-order valence-electron chi connectivity index (χ0n) is 10.3. The first kappa shape index (κ1) is 13.3. The minimum Gasteiger partial charge on any atom is -0.383 e. The van der Waals surface area contributed by atoms with Gasteiger partial charge in [0.25, 0.3) is 0 Å². The molecular weight excluding hydrogens is 208 g/mol. The molecule has 2 amide bonds. The van der Waals surface area contributed by atoms with Gasteiger partial charge in [-0.15, -0.1) is 0 Å². The molecule has 0 radical (unpaired) electrons. The van der Waals surface area contributed by atoms with Crippen LogP contribution < -0.4 is 0 Å². The molecule has 0 unspecified atom stereocenters. The van der Waals surface area contributed by atoms with Gasteiger partial charge in [-0.05, 0) is 12.8 Å². The fourth-order valence-corrected chi connectivity index (χ4v) is 1.81. The number of rotatable bonds is 6. The maximum Gasteiger partial charge on any atom is 0.320 e. The number of amides is 2. The number of nitrogens with zero attached hydrogens (tertiary/aromatic N) is 2. The molecule has 94 valence electrons. The molecule has 0 aromatic rings. The maximum atomic E-state index is 12.1. The molecule has 0 N–H and O–H groups in total. The first-order valence-corrected chi connectivity index (χ1v) is 5.81. The second-order valence-electron chi connectivity index (χ2n) is 3.95. The average molecular weight is 230 g/mol. The Labute approximate surface area is 97.3 Å². The monoisotopic (exact) mass is 230 g/mol. The summed E-state index contributed by atoms with van der Waals surface area (Å²) >= 11 is 0. The number of likely N-dealkylation sites (tertiary alicyclic amines) is 1. The van der Waals surface area contributed by atoms with Crippen LogP contribution in [0.25, 0.3) is 0 Å². The topological polar surface area (TPSA) is 42.0 Å². The summed E-state index contributed by atoms with van der Waals surface area (Å²) in [5.74, 6) is 0. The number of carbonyl (C=O) groups is 1. The fourth-order valence-electron chi connectivity index (χ4n) is 1.81. The van der Waals surface area contributed by atoms with E-state index in [0.717, 1.165) is 25.9 Å². The van der Waals surface area contributed by atoms with Gasteiger partial charge in [0.05, 0.1) is 13.2 Å². The predicted octanol–water partition coefficient (Wildman–Crippen LogP) is 0.797. The van der Waals surface area contributed by atoms with Crippen molar-refractivity contribution in [1.82, 2.24) is 9.80 Å². The van der Waals surface area contributed by atoms with Crippen molar-refractivity contribution < 1.29 is 14.3 Å². The maximum absolute atomic E-state index is 12.1. The van der Waals surface area contributed by atoms with Crippen molar-refractivity contribution >= 4 is 6.03 Å². The number of ether oxygens (including phenoxy) is 2. The van der Waals surface area contributed by atoms with Crippen molar-refractivity contribution in [2.75, 3.05) is 53.6 Å². The van der Waals surface area contributed by atoms with Crippen molar-refractivity contribution in [3.63, 3.8) is 0 Å². The van der Waals surface area contributed by atoms with Gasteiger partial charge in [0, 0.05) is 40.4 Å². The van der Waals surface area contributed by atoms with E-state index in [2.05, 4.69) is 0 Å². The lowest BCUT2D eigenvalue weighted by atomic mass is 10.4. The van der Waals surface area contributed by atoms with Gasteiger partial charge in [-0.3, -0.25) is 0 Å². The summed E-state index contributed by atoms with van der Waals surface area (Å²) in [6.45, 7) is 4.18. The Balaban J connectivity index is 2.41. The number of carbonyl (C=O) groups excluding carboxylic acids is 1. The molecule has 5 heteroatoms. The van der Waals surface area contributed by atoms with Crippen molar-refractivity contribution in [2.24, 2.45) is 0 Å². The van der Waals surface area contributed by atoms with Gasteiger partial charge < -0.3 is 19.3 Å². The first-order chi connectivity index (χ1) is 7.79. The minimum absolute atomic E-state index is 0.117. The highest BCUT2D eigenvalue weighted by atomic mass is 16.5. The Kier molecular flexibility index (Phi) is 6.18. The molecule has 0 aliphatic carbocycles. The number of urea groups is 1. The molecule has 1 saturated heterocycles. The Morgan fingerprint density at radius 2 is 1.62 bits per heavy atom. The smallest absolute Gasteiger partial charge is 0.320 e. The van der Waals surface area contributed by atoms with Crippen molar-refractivity contribution in [3.8, 4) is 0 Å². The highest BCUT2D eigenvalue weighted by Crippen LogP contribution is 2.10. The van der Waals surface area contributed by atoms with Gasteiger partial charge in [-0.25, -0.2) is 4.79 Å². The lowest BCUT2D eigenvalue weighted by molar-refractivity contribution is 0.108. The van der Waals surface area contributed by atoms with Crippen LogP contribution in [-0.4, -0.2) is 69.4 Å². The third-order valence-electron chi connectivity index (χ3n) is 2.78. The average Bonchev–Trinajstić information content (AvgIpc) is 2.82. The van der Waals surface area contributed by atoms with E-state index >= 15 is 0 Å². The van der Waals surface area contributed by atoms with E-state index in [1.807, 2.05) is 4.90 Å². The molecular formula is C11H22N2O3. The van der Waals surface area contributed by atoms with Gasteiger partial charge >= 0.3 is 6.03 Å². The van der Waals surface area contributed by atoms with Gasteiger partial charge in [0.2, 0.25) is 0 Å². The molecule has 1 fully saturated rings. The molecule has 0 spiro atoms. The van der Waals surface area contributed by atoms with Crippen LogP contribution in [0, 0.1) is 0 Å². The van der Waals surface area contributed by atoms with Crippen LogP contribution in [0.15, 0.2) is 0 Å². The van der Waals surface area contributed by atoms with Crippen molar-refractivity contribution in [3.05, 3.63) is 0 Å². The predicted molar refractivity (Wildman–Crippen MR) is 61.5 cm³/mol. The fraction of sp³-hybridized carbons (Fsp3) is 0.909. The van der Waals surface area contributed by atoms with Gasteiger partial charge in [0.1, 0.15) is 0 Å². The number of methoxy groups -OCH3 is 2. The SMILES string of the molecule is COCCN(CCOC)C(=O)N1CCCC1. The Bertz CT molecular complexity index is 197. The van der Waals surface area contributed by atoms with E-state index in [1.165, 1.54) is 0 Å². The van der Waals surface area contributed by atoms with Crippen LogP contribution >= 0.6 is 0 Å². The molecule has 5 nitrogen and oxygen atoms in total. The molecule has 0 saturated carbocycles. The van der Waals surface area contributed by atoms with E-state index in [-0.39, 0.29) is 6.03 Å². The van der Waals surface area contributed by atoms with Gasteiger partial charge in [-0.1, -0.05) is 0 Å². The van der Waals surface area contributed by atoms with Crippen LogP contribution in [0.2, 0.25) is 0 Å². The van der Waals surface area contributed by atoms with Gasteiger partial charge in [-0.2, -0.15) is 0 Å². The second kappa shape index (κ2) is 7.46. The quantitative estimate of drug-likeness (QED) is 0.677. The molecule has 1 heterocycles.